The molecule has 0 heterocycles. The smallest absolute Gasteiger partial charge is 0.313 e. The first-order valence-electron chi connectivity index (χ1n) is 11.3. The third-order valence-electron chi connectivity index (χ3n) is 4.23. The first-order valence-corrected chi connectivity index (χ1v) is 11.3. The lowest BCUT2D eigenvalue weighted by Crippen LogP contribution is -2.23. The van der Waals surface area contributed by atoms with Crippen LogP contribution in [0.15, 0.2) is 11.6 Å². The molecule has 0 aromatic heterocycles. The first kappa shape index (κ1) is 28.6. The van der Waals surface area contributed by atoms with Gasteiger partial charge in [-0.05, 0) is 31.6 Å². The predicted molar refractivity (Wildman–Crippen MR) is 119 cm³/mol. The van der Waals surface area contributed by atoms with Crippen LogP contribution < -0.4 is 0 Å². The van der Waals surface area contributed by atoms with Gasteiger partial charge in [-0.25, -0.2) is 0 Å². The zero-order valence-corrected chi connectivity index (χ0v) is 20.1. The van der Waals surface area contributed by atoms with Crippen molar-refractivity contribution in [3.8, 4) is 0 Å². The highest BCUT2D eigenvalue weighted by atomic mass is 16.6. The summed E-state index contributed by atoms with van der Waals surface area (Å²) in [6.07, 6.45) is 6.73. The van der Waals surface area contributed by atoms with E-state index in [1.54, 1.807) is 0 Å². The minimum absolute atomic E-state index is 0.0357. The van der Waals surface area contributed by atoms with Crippen LogP contribution in [0.5, 0.6) is 0 Å². The van der Waals surface area contributed by atoms with Gasteiger partial charge in [-0.15, -0.1) is 0 Å². The molecule has 0 amide bonds. The quantitative estimate of drug-likeness (QED) is 0.182. The summed E-state index contributed by atoms with van der Waals surface area (Å²) >= 11 is 0. The fraction of sp³-hybridized carbons (Fsp3) is 0.833. The van der Waals surface area contributed by atoms with E-state index in [0.717, 1.165) is 37.7 Å². The molecule has 6 heteroatoms. The highest BCUT2D eigenvalue weighted by Gasteiger charge is 2.23. The van der Waals surface area contributed by atoms with Crippen LogP contribution in [0.1, 0.15) is 80.1 Å². The Hall–Kier alpha value is -1.40. The van der Waals surface area contributed by atoms with Crippen molar-refractivity contribution in [1.29, 1.82) is 0 Å². The van der Waals surface area contributed by atoms with E-state index in [4.69, 9.17) is 18.9 Å². The number of ether oxygens (including phenoxy) is 4. The molecule has 0 radical (unpaired) electrons. The van der Waals surface area contributed by atoms with E-state index in [9.17, 15) is 9.59 Å². The Morgan fingerprint density at radius 2 is 1.37 bits per heavy atom. The number of esters is 2. The van der Waals surface area contributed by atoms with Gasteiger partial charge in [-0.3, -0.25) is 9.59 Å². The second-order valence-electron chi connectivity index (χ2n) is 8.88. The maximum absolute atomic E-state index is 12.6. The SMILES string of the molecule is CCCCOCCOC(=O)C[C@H](/C=C(\C)CC(C)(C)C)C(=O)OCCOCCCC. The first-order chi connectivity index (χ1) is 14.2. The van der Waals surface area contributed by atoms with Gasteiger partial charge in [0.2, 0.25) is 0 Å². The predicted octanol–water partition coefficient (Wildman–Crippen LogP) is 5.10. The minimum Gasteiger partial charge on any atom is -0.463 e. The maximum Gasteiger partial charge on any atom is 0.313 e. The summed E-state index contributed by atoms with van der Waals surface area (Å²) in [7, 11) is 0. The van der Waals surface area contributed by atoms with E-state index >= 15 is 0 Å². The lowest BCUT2D eigenvalue weighted by molar-refractivity contribution is -0.155. The van der Waals surface area contributed by atoms with Crippen molar-refractivity contribution in [2.24, 2.45) is 11.3 Å². The van der Waals surface area contributed by atoms with Crippen LogP contribution in [-0.2, 0) is 28.5 Å². The number of unbranched alkanes of at least 4 members (excludes halogenated alkanes) is 2. The molecule has 0 aliphatic heterocycles. The van der Waals surface area contributed by atoms with Crippen LogP contribution in [0.4, 0.5) is 0 Å². The summed E-state index contributed by atoms with van der Waals surface area (Å²) in [5, 5.41) is 0. The Morgan fingerprint density at radius 1 is 0.833 bits per heavy atom. The van der Waals surface area contributed by atoms with Crippen molar-refractivity contribution < 1.29 is 28.5 Å². The number of hydrogen-bond acceptors (Lipinski definition) is 6. The molecule has 1 atom stereocenters. The highest BCUT2D eigenvalue weighted by Crippen LogP contribution is 2.25. The third kappa shape index (κ3) is 17.5. The number of carbonyl (C=O) groups excluding carboxylic acids is 2. The Morgan fingerprint density at radius 3 is 1.87 bits per heavy atom. The largest absolute Gasteiger partial charge is 0.463 e. The zero-order valence-electron chi connectivity index (χ0n) is 20.1. The van der Waals surface area contributed by atoms with Crippen LogP contribution in [0, 0.1) is 11.3 Å². The van der Waals surface area contributed by atoms with Gasteiger partial charge in [0, 0.05) is 13.2 Å². The molecule has 30 heavy (non-hydrogen) atoms. The molecule has 0 aromatic rings. The number of rotatable bonds is 17. The van der Waals surface area contributed by atoms with Gasteiger partial charge in [0.05, 0.1) is 25.6 Å². The summed E-state index contributed by atoms with van der Waals surface area (Å²) in [4.78, 5) is 24.8. The highest BCUT2D eigenvalue weighted by molar-refractivity contribution is 5.81. The summed E-state index contributed by atoms with van der Waals surface area (Å²) in [5.74, 6) is -1.50. The topological polar surface area (TPSA) is 71.1 Å². The van der Waals surface area contributed by atoms with Crippen molar-refractivity contribution in [3.63, 3.8) is 0 Å². The molecule has 0 saturated carbocycles. The van der Waals surface area contributed by atoms with Crippen LogP contribution >= 0.6 is 0 Å². The van der Waals surface area contributed by atoms with Gasteiger partial charge in [-0.2, -0.15) is 0 Å². The van der Waals surface area contributed by atoms with E-state index in [-0.39, 0.29) is 25.0 Å². The summed E-state index contributed by atoms with van der Waals surface area (Å²) < 4.78 is 21.4. The van der Waals surface area contributed by atoms with Crippen molar-refractivity contribution in [3.05, 3.63) is 11.6 Å². The molecule has 176 valence electrons. The lowest BCUT2D eigenvalue weighted by Gasteiger charge is -2.20. The normalized spacial score (nSPS) is 13.2. The zero-order chi connectivity index (χ0) is 22.8. The summed E-state index contributed by atoms with van der Waals surface area (Å²) in [6.45, 7) is 15.0. The average molecular weight is 429 g/mol. The number of allylic oxidation sites excluding steroid dienone is 1. The lowest BCUT2D eigenvalue weighted by atomic mass is 9.87. The molecule has 0 N–H and O–H groups in total. The van der Waals surface area contributed by atoms with Crippen LogP contribution in [-0.4, -0.2) is 51.6 Å². The Bertz CT molecular complexity index is 492. The average Bonchev–Trinajstić information content (AvgIpc) is 2.65. The van der Waals surface area contributed by atoms with Crippen molar-refractivity contribution in [2.75, 3.05) is 39.6 Å². The Kier molecular flexibility index (Phi) is 16.5. The van der Waals surface area contributed by atoms with E-state index in [1.165, 1.54) is 0 Å². The van der Waals surface area contributed by atoms with Gasteiger partial charge in [0.15, 0.2) is 0 Å². The molecule has 0 bridgehead atoms. The molecule has 0 unspecified atom stereocenters. The van der Waals surface area contributed by atoms with Crippen molar-refractivity contribution >= 4 is 11.9 Å². The fourth-order valence-electron chi connectivity index (χ4n) is 2.91. The van der Waals surface area contributed by atoms with Crippen molar-refractivity contribution in [2.45, 2.75) is 80.1 Å². The molecule has 6 nitrogen and oxygen atoms in total. The molecule has 0 aliphatic rings. The van der Waals surface area contributed by atoms with Crippen LogP contribution in [0.3, 0.4) is 0 Å². The Labute approximate surface area is 183 Å². The molecule has 0 aromatic carbocycles. The van der Waals surface area contributed by atoms with Crippen molar-refractivity contribution in [1.82, 2.24) is 0 Å². The van der Waals surface area contributed by atoms with E-state index in [1.807, 2.05) is 13.0 Å². The van der Waals surface area contributed by atoms with Gasteiger partial charge in [0.1, 0.15) is 13.2 Å². The number of carbonyl (C=O) groups is 2. The molecule has 0 saturated heterocycles. The third-order valence-corrected chi connectivity index (χ3v) is 4.23. The fourth-order valence-corrected chi connectivity index (χ4v) is 2.91. The molecule has 0 fully saturated rings. The summed E-state index contributed by atoms with van der Waals surface area (Å²) in [6, 6.07) is 0. The monoisotopic (exact) mass is 428 g/mol. The molecule has 0 rings (SSSR count). The minimum atomic E-state index is -0.656. The van der Waals surface area contributed by atoms with E-state index in [2.05, 4.69) is 34.6 Å². The molecule has 0 spiro atoms. The standard InChI is InChI=1S/C24H44O6/c1-7-9-11-27-13-15-29-22(25)18-21(17-20(3)19-24(4,5)6)23(26)30-16-14-28-12-10-8-2/h17,21H,7-16,18-19H2,1-6H3/b20-17+/t21-/m0/s1. The van der Waals surface area contributed by atoms with Gasteiger partial charge in [0.25, 0.3) is 0 Å². The maximum atomic E-state index is 12.6. The van der Waals surface area contributed by atoms with Gasteiger partial charge >= 0.3 is 11.9 Å². The second kappa shape index (κ2) is 17.3. The van der Waals surface area contributed by atoms with Gasteiger partial charge in [-0.1, -0.05) is 59.1 Å². The molecular formula is C24H44O6. The Balaban J connectivity index is 4.65. The molecular weight excluding hydrogens is 384 g/mol. The van der Waals surface area contributed by atoms with Gasteiger partial charge < -0.3 is 18.9 Å². The van der Waals surface area contributed by atoms with E-state index < -0.39 is 17.9 Å². The molecule has 0 aliphatic carbocycles. The summed E-state index contributed by atoms with van der Waals surface area (Å²) in [5.41, 5.74) is 1.15. The second-order valence-corrected chi connectivity index (χ2v) is 8.88. The van der Waals surface area contributed by atoms with Crippen LogP contribution in [0.25, 0.3) is 0 Å². The van der Waals surface area contributed by atoms with E-state index in [0.29, 0.717) is 26.4 Å². The van der Waals surface area contributed by atoms with Crippen LogP contribution in [0.2, 0.25) is 0 Å². The number of hydrogen-bond donors (Lipinski definition) is 0.